The van der Waals surface area contributed by atoms with Gasteiger partial charge in [0.2, 0.25) is 5.28 Å². The van der Waals surface area contributed by atoms with Crippen LogP contribution in [-0.2, 0) is 14.4 Å². The maximum absolute atomic E-state index is 11.6. The fourth-order valence-electron chi connectivity index (χ4n) is 1.22. The number of hydrogen-bond acceptors (Lipinski definition) is 6. The van der Waals surface area contributed by atoms with Crippen molar-refractivity contribution in [2.45, 2.75) is 19.4 Å². The number of rotatable bonds is 7. The average Bonchev–Trinajstić information content (AvgIpc) is 2.50. The maximum atomic E-state index is 11.6. The molecule has 9 nitrogen and oxygen atoms in total. The van der Waals surface area contributed by atoms with Gasteiger partial charge in [0.1, 0.15) is 0 Å². The lowest BCUT2D eigenvalue weighted by Gasteiger charge is -2.26. The summed E-state index contributed by atoms with van der Waals surface area (Å²) in [4.78, 5) is 27.0. The molecule has 0 aromatic heterocycles. The Balaban J connectivity index is 2.49. The van der Waals surface area contributed by atoms with Crippen molar-refractivity contribution in [2.75, 3.05) is 13.8 Å². The Kier molecular flexibility index (Phi) is 5.67. The molecule has 0 aliphatic carbocycles. The monoisotopic (exact) mass is 311 g/mol. The minimum atomic E-state index is -1.48. The number of esters is 1. The number of hydrogen-bond donors (Lipinski definition) is 1. The van der Waals surface area contributed by atoms with Crippen LogP contribution in [-0.4, -0.2) is 46.4 Å². The lowest BCUT2D eigenvalue weighted by Crippen LogP contribution is -2.50. The summed E-state index contributed by atoms with van der Waals surface area (Å²) in [5.41, 5.74) is -1.15. The number of carbonyl (C=O) groups is 2. The lowest BCUT2D eigenvalue weighted by molar-refractivity contribution is -0.718. The summed E-state index contributed by atoms with van der Waals surface area (Å²) in [6.45, 7) is 2.07. The lowest BCUT2D eigenvalue weighted by atomic mass is 10.1. The van der Waals surface area contributed by atoms with E-state index in [-0.39, 0.29) is 4.97 Å². The minimum absolute atomic E-state index is 0.0372. The first kappa shape index (κ1) is 17.2. The van der Waals surface area contributed by atoms with Gasteiger partial charge in [-0.1, -0.05) is 18.2 Å². The van der Waals surface area contributed by atoms with Gasteiger partial charge in [-0.25, -0.2) is 9.59 Å². The molecule has 1 N–H and O–H groups in total. The number of ether oxygens (including phenoxy) is 1. The van der Waals surface area contributed by atoms with Gasteiger partial charge in [-0.15, -0.1) is 5.01 Å². The van der Waals surface area contributed by atoms with Crippen LogP contribution in [0.2, 0.25) is 0 Å². The van der Waals surface area contributed by atoms with E-state index in [1.807, 2.05) is 0 Å². The molecule has 0 aliphatic heterocycles. The van der Waals surface area contributed by atoms with Gasteiger partial charge in [-0.2, -0.15) is 0 Å². The average molecular weight is 311 g/mol. The van der Waals surface area contributed by atoms with Crippen molar-refractivity contribution in [1.82, 2.24) is 5.01 Å². The molecule has 1 aromatic rings. The molecule has 0 fully saturated rings. The zero-order valence-corrected chi connectivity index (χ0v) is 12.4. The van der Waals surface area contributed by atoms with Gasteiger partial charge in [0.05, 0.1) is 17.6 Å². The van der Waals surface area contributed by atoms with E-state index in [9.17, 15) is 14.8 Å². The number of likely N-dealkylation sites (N-methyl/N-ethyl adjacent to an activating group) is 1. The standard InChI is InChI=1S/C13H17N3O6/c1-13(2,12(18)19)15(3)16(20)14-22-9-21-11(17)10-7-5-4-6-8-10/h4-8H,9H2,1-3H3,(H,18,19)/b16-14-. The Morgan fingerprint density at radius 1 is 1.36 bits per heavy atom. The summed E-state index contributed by atoms with van der Waals surface area (Å²) in [7, 11) is 1.24. The Labute approximate surface area is 126 Å². The van der Waals surface area contributed by atoms with Crippen LogP contribution in [0.5, 0.6) is 0 Å². The molecular weight excluding hydrogens is 294 g/mol. The molecule has 0 saturated carbocycles. The van der Waals surface area contributed by atoms with Crippen LogP contribution >= 0.6 is 0 Å². The molecule has 1 rings (SSSR count). The molecular formula is C13H17N3O6. The van der Waals surface area contributed by atoms with Crippen LogP contribution in [0.15, 0.2) is 35.6 Å². The number of carboxylic acids is 1. The highest BCUT2D eigenvalue weighted by Crippen LogP contribution is 2.12. The molecule has 0 bridgehead atoms. The molecule has 1 aromatic carbocycles. The predicted octanol–water partition coefficient (Wildman–Crippen LogP) is 1.40. The highest BCUT2D eigenvalue weighted by atomic mass is 16.8. The molecule has 0 amide bonds. The molecule has 0 unspecified atom stereocenters. The number of aliphatic carboxylic acids is 1. The van der Waals surface area contributed by atoms with E-state index in [2.05, 4.69) is 10.1 Å². The summed E-state index contributed by atoms with van der Waals surface area (Å²) < 4.78 is 4.74. The minimum Gasteiger partial charge on any atom is -0.569 e. The van der Waals surface area contributed by atoms with Crippen molar-refractivity contribution in [3.63, 3.8) is 0 Å². The summed E-state index contributed by atoms with van der Waals surface area (Å²) in [5, 5.41) is 24.4. The summed E-state index contributed by atoms with van der Waals surface area (Å²) >= 11 is 0. The van der Waals surface area contributed by atoms with Crippen molar-refractivity contribution in [2.24, 2.45) is 5.28 Å². The van der Waals surface area contributed by atoms with E-state index in [0.717, 1.165) is 5.01 Å². The van der Waals surface area contributed by atoms with Crippen molar-refractivity contribution in [1.29, 1.82) is 0 Å². The molecule has 0 atom stereocenters. The second-order valence-corrected chi connectivity index (χ2v) is 4.77. The summed E-state index contributed by atoms with van der Waals surface area (Å²) in [6, 6.07) is 8.21. The van der Waals surface area contributed by atoms with E-state index in [1.54, 1.807) is 30.3 Å². The van der Waals surface area contributed by atoms with Gasteiger partial charge in [0.15, 0.2) is 5.54 Å². The van der Waals surface area contributed by atoms with Gasteiger partial charge in [-0.3, -0.25) is 0 Å². The highest BCUT2D eigenvalue weighted by Gasteiger charge is 2.38. The number of carboxylic acid groups (broad SMARTS) is 1. The third kappa shape index (κ3) is 4.33. The van der Waals surface area contributed by atoms with E-state index in [0.29, 0.717) is 5.56 Å². The Morgan fingerprint density at radius 2 is 1.95 bits per heavy atom. The number of benzene rings is 1. The number of carbonyl (C=O) groups excluding carboxylic acids is 1. The van der Waals surface area contributed by atoms with Gasteiger partial charge >= 0.3 is 11.9 Å². The Morgan fingerprint density at radius 3 is 2.50 bits per heavy atom. The second-order valence-electron chi connectivity index (χ2n) is 4.77. The van der Waals surface area contributed by atoms with Crippen LogP contribution in [0.3, 0.4) is 0 Å². The molecule has 0 saturated heterocycles. The third-order valence-corrected chi connectivity index (χ3v) is 2.97. The topological polar surface area (TPSA) is 115 Å². The van der Waals surface area contributed by atoms with E-state index < -0.39 is 24.3 Å². The Bertz CT molecular complexity index is 558. The van der Waals surface area contributed by atoms with Crippen LogP contribution < -0.4 is 0 Å². The fraction of sp³-hybridized carbons (Fsp3) is 0.385. The van der Waals surface area contributed by atoms with Gasteiger partial charge in [-0.05, 0) is 26.0 Å². The van der Waals surface area contributed by atoms with Crippen molar-refractivity contribution in [3.8, 4) is 0 Å². The third-order valence-electron chi connectivity index (χ3n) is 2.97. The van der Waals surface area contributed by atoms with E-state index in [1.165, 1.54) is 20.9 Å². The van der Waals surface area contributed by atoms with Gasteiger partial charge in [0, 0.05) is 0 Å². The van der Waals surface area contributed by atoms with Crippen molar-refractivity contribution < 1.29 is 29.2 Å². The van der Waals surface area contributed by atoms with Crippen molar-refractivity contribution in [3.05, 3.63) is 41.1 Å². The molecule has 0 heterocycles. The smallest absolute Gasteiger partial charge is 0.341 e. The van der Waals surface area contributed by atoms with Crippen LogP contribution in [0.1, 0.15) is 24.2 Å². The Hall–Kier alpha value is -2.84. The SMILES string of the molecule is CN(/[N+]([O-])=N/OCOC(=O)c1ccccc1)C(C)(C)C(=O)O. The molecule has 9 heteroatoms. The molecule has 120 valence electrons. The highest BCUT2D eigenvalue weighted by molar-refractivity contribution is 5.89. The second kappa shape index (κ2) is 7.25. The van der Waals surface area contributed by atoms with E-state index >= 15 is 0 Å². The fourth-order valence-corrected chi connectivity index (χ4v) is 1.22. The number of nitrogens with zero attached hydrogens (tertiary/aromatic N) is 3. The largest absolute Gasteiger partial charge is 0.569 e. The van der Waals surface area contributed by atoms with Crippen LogP contribution in [0.25, 0.3) is 0 Å². The summed E-state index contributed by atoms with van der Waals surface area (Å²) in [5.74, 6) is -1.84. The number of hydrazine groups is 1. The van der Waals surface area contributed by atoms with Crippen LogP contribution in [0.4, 0.5) is 0 Å². The van der Waals surface area contributed by atoms with Gasteiger partial charge in [0.25, 0.3) is 6.79 Å². The maximum Gasteiger partial charge on any atom is 0.341 e. The van der Waals surface area contributed by atoms with Crippen LogP contribution in [0, 0.1) is 5.21 Å². The predicted molar refractivity (Wildman–Crippen MR) is 73.3 cm³/mol. The van der Waals surface area contributed by atoms with Gasteiger partial charge < -0.3 is 19.9 Å². The molecule has 0 radical (unpaired) electrons. The molecule has 0 spiro atoms. The molecule has 22 heavy (non-hydrogen) atoms. The quantitative estimate of drug-likeness (QED) is 0.202. The molecule has 0 aliphatic rings. The summed E-state index contributed by atoms with van der Waals surface area (Å²) in [6.07, 6.45) is 0. The first-order valence-electron chi connectivity index (χ1n) is 6.26. The normalized spacial score (nSPS) is 11.7. The van der Waals surface area contributed by atoms with E-state index in [4.69, 9.17) is 9.84 Å². The first-order chi connectivity index (χ1) is 10.3. The first-order valence-corrected chi connectivity index (χ1v) is 6.26. The zero-order chi connectivity index (χ0) is 16.8. The van der Waals surface area contributed by atoms with Crippen molar-refractivity contribution >= 4 is 11.9 Å². The zero-order valence-electron chi connectivity index (χ0n) is 12.4.